The van der Waals surface area contributed by atoms with E-state index in [1.807, 2.05) is 24.3 Å². The molecule has 1 aliphatic rings. The molecular weight excluding hydrogens is 304 g/mol. The minimum absolute atomic E-state index is 0.0613. The summed E-state index contributed by atoms with van der Waals surface area (Å²) in [5.41, 5.74) is 1.07. The zero-order valence-electron chi connectivity index (χ0n) is 13.1. The Bertz CT molecular complexity index is 722. The molecule has 3 rings (SSSR count). The minimum atomic E-state index is -0.341. The summed E-state index contributed by atoms with van der Waals surface area (Å²) in [5, 5.41) is 0. The van der Waals surface area contributed by atoms with Crippen molar-refractivity contribution in [3.8, 4) is 0 Å². The van der Waals surface area contributed by atoms with Gasteiger partial charge in [0, 0.05) is 5.92 Å². The number of rotatable bonds is 5. The van der Waals surface area contributed by atoms with Gasteiger partial charge in [-0.05, 0) is 36.8 Å². The highest BCUT2D eigenvalue weighted by atomic mass is 16.5. The molecule has 0 fully saturated rings. The summed E-state index contributed by atoms with van der Waals surface area (Å²) in [6.45, 7) is 0.281. The first-order chi connectivity index (χ1) is 11.7. The summed E-state index contributed by atoms with van der Waals surface area (Å²) in [5.74, 6) is -0.618. The largest absolute Gasteiger partial charge is 0.461 e. The highest BCUT2D eigenvalue weighted by molar-refractivity contribution is 5.89. The zero-order chi connectivity index (χ0) is 16.8. The fourth-order valence-electron chi connectivity index (χ4n) is 2.57. The van der Waals surface area contributed by atoms with Crippen molar-refractivity contribution in [1.29, 1.82) is 0 Å². The Morgan fingerprint density at radius 2 is 1.42 bits per heavy atom. The van der Waals surface area contributed by atoms with E-state index in [-0.39, 0.29) is 30.6 Å². The van der Waals surface area contributed by atoms with Gasteiger partial charge in [0.1, 0.15) is 6.10 Å². The average Bonchev–Trinajstić information content (AvgIpc) is 3.08. The Hall–Kier alpha value is -2.88. The quantitative estimate of drug-likeness (QED) is 0.623. The van der Waals surface area contributed by atoms with E-state index in [9.17, 15) is 9.59 Å². The van der Waals surface area contributed by atoms with Crippen LogP contribution in [-0.4, -0.2) is 24.6 Å². The second-order valence-corrected chi connectivity index (χ2v) is 5.65. The van der Waals surface area contributed by atoms with Gasteiger partial charge in [-0.25, -0.2) is 9.59 Å². The van der Waals surface area contributed by atoms with E-state index in [0.717, 1.165) is 0 Å². The summed E-state index contributed by atoms with van der Waals surface area (Å²) in [6.07, 6.45) is 4.13. The predicted octanol–water partition coefficient (Wildman–Crippen LogP) is 3.65. The maximum absolute atomic E-state index is 12.0. The molecule has 4 nitrogen and oxygen atoms in total. The molecule has 2 aromatic rings. The van der Waals surface area contributed by atoms with Gasteiger partial charge in [-0.15, -0.1) is 0 Å². The van der Waals surface area contributed by atoms with Gasteiger partial charge in [-0.2, -0.15) is 0 Å². The second-order valence-electron chi connectivity index (χ2n) is 5.65. The molecule has 0 saturated heterocycles. The Balaban J connectivity index is 1.45. The van der Waals surface area contributed by atoms with E-state index >= 15 is 0 Å². The minimum Gasteiger partial charge on any atom is -0.461 e. The third kappa shape index (κ3) is 4.10. The first kappa shape index (κ1) is 16.0. The van der Waals surface area contributed by atoms with Crippen molar-refractivity contribution in [3.63, 3.8) is 0 Å². The van der Waals surface area contributed by atoms with Gasteiger partial charge in [0.2, 0.25) is 0 Å². The summed E-state index contributed by atoms with van der Waals surface area (Å²) in [7, 11) is 0. The van der Waals surface area contributed by atoms with Crippen LogP contribution in [0.5, 0.6) is 0 Å². The molecule has 0 unspecified atom stereocenters. The van der Waals surface area contributed by atoms with Crippen LogP contribution in [0.2, 0.25) is 0 Å². The van der Waals surface area contributed by atoms with Crippen LogP contribution in [0.25, 0.3) is 0 Å². The van der Waals surface area contributed by atoms with Crippen LogP contribution in [0.3, 0.4) is 0 Å². The van der Waals surface area contributed by atoms with Gasteiger partial charge in [0.15, 0.2) is 0 Å². The molecule has 0 saturated carbocycles. The van der Waals surface area contributed by atoms with Crippen LogP contribution in [-0.2, 0) is 9.47 Å². The van der Waals surface area contributed by atoms with E-state index in [1.165, 1.54) is 0 Å². The SMILES string of the molecule is O=C(OC[C@@H]1C=C[C@@H](OC(=O)c2ccccc2)C1)c1ccccc1. The van der Waals surface area contributed by atoms with Gasteiger partial charge in [-0.3, -0.25) is 0 Å². The third-order valence-corrected chi connectivity index (χ3v) is 3.84. The second kappa shape index (κ2) is 7.59. The summed E-state index contributed by atoms with van der Waals surface area (Å²) < 4.78 is 10.8. The Morgan fingerprint density at radius 3 is 2.04 bits per heavy atom. The molecule has 0 amide bonds. The molecule has 122 valence electrons. The molecular formula is C20H18O4. The van der Waals surface area contributed by atoms with Crippen molar-refractivity contribution in [2.24, 2.45) is 5.92 Å². The van der Waals surface area contributed by atoms with Crippen LogP contribution in [0.4, 0.5) is 0 Å². The standard InChI is InChI=1S/C20H18O4/c21-19(16-7-3-1-4-8-16)23-14-15-11-12-18(13-15)24-20(22)17-9-5-2-6-10-17/h1-12,15,18H,13-14H2/t15-,18-/m1/s1. The van der Waals surface area contributed by atoms with Gasteiger partial charge < -0.3 is 9.47 Å². The summed E-state index contributed by atoms with van der Waals surface area (Å²) >= 11 is 0. The molecule has 0 radical (unpaired) electrons. The predicted molar refractivity (Wildman–Crippen MR) is 89.6 cm³/mol. The molecule has 2 aromatic carbocycles. The van der Waals surface area contributed by atoms with E-state index in [4.69, 9.17) is 9.47 Å². The fourth-order valence-corrected chi connectivity index (χ4v) is 2.57. The molecule has 4 heteroatoms. The van der Waals surface area contributed by atoms with Gasteiger partial charge in [0.05, 0.1) is 17.7 Å². The van der Waals surface area contributed by atoms with Crippen molar-refractivity contribution in [3.05, 3.63) is 83.9 Å². The topological polar surface area (TPSA) is 52.6 Å². The van der Waals surface area contributed by atoms with Crippen molar-refractivity contribution >= 4 is 11.9 Å². The van der Waals surface area contributed by atoms with E-state index < -0.39 is 0 Å². The highest BCUT2D eigenvalue weighted by Crippen LogP contribution is 2.22. The number of hydrogen-bond donors (Lipinski definition) is 0. The molecule has 2 atom stereocenters. The number of carbonyl (C=O) groups is 2. The molecule has 0 aromatic heterocycles. The monoisotopic (exact) mass is 322 g/mol. The molecule has 0 spiro atoms. The Labute approximate surface area is 140 Å². The normalized spacial score (nSPS) is 19.0. The smallest absolute Gasteiger partial charge is 0.338 e. The summed E-state index contributed by atoms with van der Waals surface area (Å²) in [6, 6.07) is 17.8. The van der Waals surface area contributed by atoms with Crippen molar-refractivity contribution in [1.82, 2.24) is 0 Å². The lowest BCUT2D eigenvalue weighted by molar-refractivity contribution is 0.0320. The van der Waals surface area contributed by atoms with Gasteiger partial charge >= 0.3 is 11.9 Å². The first-order valence-electron chi connectivity index (χ1n) is 7.89. The lowest BCUT2D eigenvalue weighted by atomic mass is 10.1. The number of benzene rings is 2. The van der Waals surface area contributed by atoms with Gasteiger partial charge in [0.25, 0.3) is 0 Å². The Morgan fingerprint density at radius 1 is 0.833 bits per heavy atom. The van der Waals surface area contributed by atoms with Crippen LogP contribution in [0.15, 0.2) is 72.8 Å². The average molecular weight is 322 g/mol. The van der Waals surface area contributed by atoms with Crippen LogP contribution < -0.4 is 0 Å². The van der Waals surface area contributed by atoms with Crippen LogP contribution in [0, 0.1) is 5.92 Å². The maximum Gasteiger partial charge on any atom is 0.338 e. The van der Waals surface area contributed by atoms with Crippen molar-refractivity contribution in [2.45, 2.75) is 12.5 Å². The molecule has 0 bridgehead atoms. The Kier molecular flexibility index (Phi) is 5.06. The van der Waals surface area contributed by atoms with E-state index in [2.05, 4.69) is 0 Å². The number of hydrogen-bond acceptors (Lipinski definition) is 4. The number of esters is 2. The number of carbonyl (C=O) groups excluding carboxylic acids is 2. The van der Waals surface area contributed by atoms with Crippen molar-refractivity contribution in [2.75, 3.05) is 6.61 Å². The zero-order valence-corrected chi connectivity index (χ0v) is 13.1. The fraction of sp³-hybridized carbons (Fsp3) is 0.200. The van der Waals surface area contributed by atoms with E-state index in [0.29, 0.717) is 17.5 Å². The molecule has 24 heavy (non-hydrogen) atoms. The molecule has 1 aliphatic carbocycles. The highest BCUT2D eigenvalue weighted by Gasteiger charge is 2.24. The first-order valence-corrected chi connectivity index (χ1v) is 7.89. The van der Waals surface area contributed by atoms with Crippen LogP contribution >= 0.6 is 0 Å². The molecule has 0 N–H and O–H groups in total. The number of ether oxygens (including phenoxy) is 2. The lowest BCUT2D eigenvalue weighted by Gasteiger charge is -2.13. The third-order valence-electron chi connectivity index (χ3n) is 3.84. The van der Waals surface area contributed by atoms with Crippen LogP contribution in [0.1, 0.15) is 27.1 Å². The van der Waals surface area contributed by atoms with Crippen molar-refractivity contribution < 1.29 is 19.1 Å². The molecule has 0 heterocycles. The maximum atomic E-state index is 12.0. The molecule has 0 aliphatic heterocycles. The van der Waals surface area contributed by atoms with Gasteiger partial charge in [-0.1, -0.05) is 42.5 Å². The van der Waals surface area contributed by atoms with E-state index in [1.54, 1.807) is 48.5 Å². The lowest BCUT2D eigenvalue weighted by Crippen LogP contribution is -2.18. The summed E-state index contributed by atoms with van der Waals surface area (Å²) in [4.78, 5) is 23.9.